The number of hydrogen-bond acceptors (Lipinski definition) is 6. The topological polar surface area (TPSA) is 78.9 Å². The molecule has 8 nitrogen and oxygen atoms in total. The number of hydrogen-bond donors (Lipinski definition) is 0. The van der Waals surface area contributed by atoms with E-state index in [2.05, 4.69) is 113 Å². The fourth-order valence-corrected chi connectivity index (χ4v) is 11.5. The van der Waals surface area contributed by atoms with E-state index in [0.717, 1.165) is 81.8 Å². The van der Waals surface area contributed by atoms with Crippen molar-refractivity contribution in [1.29, 1.82) is 0 Å². The minimum atomic E-state index is -0.466. The quantitative estimate of drug-likeness (QED) is 0.164. The SMILES string of the molecule is [2H]c1c([2H])c([2H])c(-c2nc3oc4ccccc4c3nc2-n2c3ccccc3c3cc4ccccc4cc32)c([2H])c1[2H].[C-]#[N+]c1ccc(-c2nc3sc4ccccc4c3nc2-n2c3ccccc3c3cc4ccccc4cc32)cc1. The van der Waals surface area contributed by atoms with Crippen LogP contribution in [-0.2, 0) is 0 Å². The molecule has 74 heavy (non-hydrogen) atoms. The van der Waals surface area contributed by atoms with Gasteiger partial charge < -0.3 is 4.42 Å². The molecule has 16 rings (SSSR count). The molecule has 9 heteroatoms. The molecular weight excluding hydrogens is 927 g/mol. The van der Waals surface area contributed by atoms with Crippen molar-refractivity contribution in [3.8, 4) is 34.2 Å². The molecule has 0 unspecified atom stereocenters. The van der Waals surface area contributed by atoms with Gasteiger partial charge in [-0.3, -0.25) is 9.13 Å². The molecule has 0 aliphatic heterocycles. The van der Waals surface area contributed by atoms with Crippen LogP contribution in [-0.4, -0.2) is 29.1 Å². The Hall–Kier alpha value is -10.0. The summed E-state index contributed by atoms with van der Waals surface area (Å²) in [6, 6.07) is 63.3. The van der Waals surface area contributed by atoms with Crippen molar-refractivity contribution in [3.05, 3.63) is 236 Å². The van der Waals surface area contributed by atoms with E-state index in [1.54, 1.807) is 11.3 Å². The summed E-state index contributed by atoms with van der Waals surface area (Å²) in [6.07, 6.45) is 0. The van der Waals surface area contributed by atoms with E-state index in [1.165, 1.54) is 26.2 Å². The second-order valence-electron chi connectivity index (χ2n) is 18.1. The van der Waals surface area contributed by atoms with Crippen molar-refractivity contribution in [2.24, 2.45) is 0 Å². The second-order valence-corrected chi connectivity index (χ2v) is 19.1. The largest absolute Gasteiger partial charge is 0.436 e. The van der Waals surface area contributed by atoms with E-state index < -0.39 is 18.1 Å². The van der Waals surface area contributed by atoms with Crippen LogP contribution in [0.25, 0.3) is 147 Å². The number of thiophene rings is 1. The van der Waals surface area contributed by atoms with E-state index in [1.807, 2.05) is 95.6 Å². The number of aromatic nitrogens is 6. The van der Waals surface area contributed by atoms with Crippen molar-refractivity contribution in [1.82, 2.24) is 29.1 Å². The summed E-state index contributed by atoms with van der Waals surface area (Å²) in [6.45, 7) is 7.39. The Morgan fingerprint density at radius 3 is 1.58 bits per heavy atom. The summed E-state index contributed by atoms with van der Waals surface area (Å²) >= 11 is 1.66. The Balaban J connectivity index is 0.000000137. The zero-order chi connectivity index (χ0) is 53.2. The summed E-state index contributed by atoms with van der Waals surface area (Å²) in [5.41, 5.74) is 8.61. The monoisotopic (exact) mass is 968 g/mol. The Bertz CT molecular complexity index is 5280. The van der Waals surface area contributed by atoms with Crippen molar-refractivity contribution in [2.75, 3.05) is 0 Å². The first kappa shape index (κ1) is 36.9. The molecule has 0 saturated heterocycles. The van der Waals surface area contributed by atoms with Crippen LogP contribution in [0.15, 0.2) is 229 Å². The molecule has 16 aromatic rings. The lowest BCUT2D eigenvalue weighted by molar-refractivity contribution is 0.653. The number of fused-ring (bicyclic) bond motifs is 14. The van der Waals surface area contributed by atoms with Gasteiger partial charge in [0.1, 0.15) is 32.8 Å². The predicted octanol–water partition coefficient (Wildman–Crippen LogP) is 17.6. The molecule has 0 bridgehead atoms. The highest BCUT2D eigenvalue weighted by atomic mass is 32.1. The first-order valence-corrected chi connectivity index (χ1v) is 24.8. The lowest BCUT2D eigenvalue weighted by Crippen LogP contribution is -2.03. The molecule has 344 valence electrons. The van der Waals surface area contributed by atoms with Crippen LogP contribution >= 0.6 is 11.3 Å². The molecule has 0 fully saturated rings. The standard InChI is InChI=1S/C33H18N4S.C32H19N3O/c1-34-23-16-14-20(15-17-23)30-32(35-31-25-11-5-7-13-29(25)38-33(31)36-30)37-27-12-6-4-10-24(27)26-18-21-8-2-3-9-22(21)19-28(26)37;1-2-10-20(11-3-1)29-31(33-30-24-15-7-9-17-28(24)36-32(30)34-29)35-26-16-8-6-14-23(26)25-18-21-12-4-5-13-22(21)19-27(25)35/h2-19H;1-19H/i;1D,2D,3D,10D,11D. The fraction of sp³-hybridized carbons (Fsp3) is 0. The molecule has 10 aromatic carbocycles. The maximum atomic E-state index is 8.76. The Labute approximate surface area is 433 Å². The van der Waals surface area contributed by atoms with Crippen molar-refractivity contribution >= 4 is 125 Å². The normalized spacial score (nSPS) is 12.7. The van der Waals surface area contributed by atoms with Crippen LogP contribution in [0.2, 0.25) is 0 Å². The molecule has 0 radical (unpaired) electrons. The lowest BCUT2D eigenvalue weighted by atomic mass is 10.1. The summed E-state index contributed by atoms with van der Waals surface area (Å²) in [5.74, 6) is 1.14. The highest BCUT2D eigenvalue weighted by Crippen LogP contribution is 2.42. The van der Waals surface area contributed by atoms with E-state index in [4.69, 9.17) is 37.8 Å². The summed E-state index contributed by atoms with van der Waals surface area (Å²) in [7, 11) is 0. The van der Waals surface area contributed by atoms with Gasteiger partial charge in [0.25, 0.3) is 0 Å². The molecule has 6 aromatic heterocycles. The fourth-order valence-electron chi connectivity index (χ4n) is 10.5. The van der Waals surface area contributed by atoms with Gasteiger partial charge in [0.05, 0.1) is 35.5 Å². The third-order valence-electron chi connectivity index (χ3n) is 13.9. The van der Waals surface area contributed by atoms with E-state index in [-0.39, 0.29) is 29.1 Å². The van der Waals surface area contributed by atoms with Gasteiger partial charge in [-0.05, 0) is 76.1 Å². The van der Waals surface area contributed by atoms with Gasteiger partial charge in [0, 0.05) is 48.1 Å². The number of benzene rings is 10. The Kier molecular flexibility index (Phi) is 8.24. The van der Waals surface area contributed by atoms with E-state index in [0.29, 0.717) is 22.6 Å². The average Bonchev–Trinajstić information content (AvgIpc) is 4.29. The average molecular weight is 969 g/mol. The molecule has 0 amide bonds. The summed E-state index contributed by atoms with van der Waals surface area (Å²) in [4.78, 5) is 25.0. The van der Waals surface area contributed by atoms with Crippen LogP contribution < -0.4 is 0 Å². The number of rotatable bonds is 4. The Morgan fingerprint density at radius 2 is 0.959 bits per heavy atom. The van der Waals surface area contributed by atoms with Crippen molar-refractivity contribution < 1.29 is 11.3 Å². The Morgan fingerprint density at radius 1 is 0.446 bits per heavy atom. The highest BCUT2D eigenvalue weighted by Gasteiger charge is 2.24. The predicted molar refractivity (Wildman–Crippen MR) is 305 cm³/mol. The zero-order valence-electron chi connectivity index (χ0n) is 43.9. The molecule has 0 N–H and O–H groups in total. The summed E-state index contributed by atoms with van der Waals surface area (Å²) < 4.78 is 53.8. The van der Waals surface area contributed by atoms with Gasteiger partial charge in [0.2, 0.25) is 5.71 Å². The van der Waals surface area contributed by atoms with Gasteiger partial charge in [0.15, 0.2) is 17.3 Å². The van der Waals surface area contributed by atoms with Gasteiger partial charge in [-0.1, -0.05) is 170 Å². The zero-order valence-corrected chi connectivity index (χ0v) is 39.7. The minimum absolute atomic E-state index is 0.0347. The van der Waals surface area contributed by atoms with Crippen LogP contribution in [0.1, 0.15) is 6.85 Å². The van der Waals surface area contributed by atoms with Crippen molar-refractivity contribution in [2.45, 2.75) is 0 Å². The van der Waals surface area contributed by atoms with Crippen LogP contribution in [0.3, 0.4) is 0 Å². The van der Waals surface area contributed by atoms with Crippen LogP contribution in [0.4, 0.5) is 5.69 Å². The first-order chi connectivity index (χ1) is 38.7. The summed E-state index contributed by atoms with van der Waals surface area (Å²) in [5, 5.41) is 10.8. The second kappa shape index (κ2) is 16.5. The third kappa shape index (κ3) is 6.52. The molecule has 6 heterocycles. The van der Waals surface area contributed by atoms with Crippen LogP contribution in [0, 0.1) is 6.57 Å². The van der Waals surface area contributed by atoms with E-state index >= 15 is 0 Å². The molecule has 0 saturated carbocycles. The van der Waals surface area contributed by atoms with Gasteiger partial charge >= 0.3 is 0 Å². The highest BCUT2D eigenvalue weighted by molar-refractivity contribution is 7.25. The lowest BCUT2D eigenvalue weighted by Gasteiger charge is -2.13. The van der Waals surface area contributed by atoms with Crippen molar-refractivity contribution in [3.63, 3.8) is 0 Å². The molecule has 0 aliphatic carbocycles. The minimum Gasteiger partial charge on any atom is -0.436 e. The maximum absolute atomic E-state index is 8.76. The van der Waals surface area contributed by atoms with Gasteiger partial charge in [-0.15, -0.1) is 11.3 Å². The molecular formula is C65H37N7OS. The third-order valence-corrected chi connectivity index (χ3v) is 15.0. The number of nitrogens with zero attached hydrogens (tertiary/aromatic N) is 7. The maximum Gasteiger partial charge on any atom is 0.247 e. The van der Waals surface area contributed by atoms with Crippen LogP contribution in [0.5, 0.6) is 0 Å². The number of para-hydroxylation sites is 3. The van der Waals surface area contributed by atoms with Gasteiger partial charge in [-0.25, -0.2) is 24.8 Å². The van der Waals surface area contributed by atoms with E-state index in [9.17, 15) is 0 Å². The molecule has 0 aliphatic rings. The smallest absolute Gasteiger partial charge is 0.247 e. The number of furan rings is 1. The van der Waals surface area contributed by atoms with Gasteiger partial charge in [-0.2, -0.15) is 0 Å². The molecule has 0 spiro atoms. The molecule has 0 atom stereocenters. The first-order valence-electron chi connectivity index (χ1n) is 26.5.